The van der Waals surface area contributed by atoms with Crippen LogP contribution in [0.1, 0.15) is 71.7 Å². The second-order valence-corrected chi connectivity index (χ2v) is 10.6. The van der Waals surface area contributed by atoms with Gasteiger partial charge in [-0.15, -0.1) is 0 Å². The SMILES string of the molecule is COC(C)OCOc1c(C23CC4CC(CC(C4)C2)C3)ccc(C(=O)O)c1OCC(=O)c1ccccc1. The van der Waals surface area contributed by atoms with Crippen LogP contribution in [0.15, 0.2) is 42.5 Å². The van der Waals surface area contributed by atoms with Crippen molar-refractivity contribution in [2.24, 2.45) is 17.8 Å². The molecule has 4 bridgehead atoms. The van der Waals surface area contributed by atoms with Crippen LogP contribution in [-0.2, 0) is 14.9 Å². The smallest absolute Gasteiger partial charge is 0.339 e. The maximum absolute atomic E-state index is 12.8. The number of carbonyl (C=O) groups excluding carboxylic acids is 1. The number of Topliss-reactive ketones (excluding diaryl/α,β-unsaturated/α-hetero) is 1. The van der Waals surface area contributed by atoms with E-state index >= 15 is 0 Å². The lowest BCUT2D eigenvalue weighted by Crippen LogP contribution is -2.48. The van der Waals surface area contributed by atoms with Gasteiger partial charge >= 0.3 is 5.97 Å². The van der Waals surface area contributed by atoms with E-state index in [0.717, 1.165) is 24.8 Å². The number of hydrogen-bond donors (Lipinski definition) is 1. The van der Waals surface area contributed by atoms with Crippen molar-refractivity contribution in [2.45, 2.75) is 57.2 Å². The zero-order chi connectivity index (χ0) is 25.3. The summed E-state index contributed by atoms with van der Waals surface area (Å²) >= 11 is 0. The minimum Gasteiger partial charge on any atom is -0.481 e. The van der Waals surface area contributed by atoms with Crippen LogP contribution in [0, 0.1) is 17.8 Å². The summed E-state index contributed by atoms with van der Waals surface area (Å²) in [5.74, 6) is 1.17. The molecule has 1 atom stereocenters. The Morgan fingerprint density at radius 2 is 1.58 bits per heavy atom. The molecule has 4 aliphatic rings. The van der Waals surface area contributed by atoms with E-state index in [9.17, 15) is 14.7 Å². The molecule has 2 aromatic carbocycles. The number of ketones is 1. The highest BCUT2D eigenvalue weighted by molar-refractivity contribution is 5.97. The zero-order valence-electron chi connectivity index (χ0n) is 20.9. The molecule has 6 rings (SSSR count). The van der Waals surface area contributed by atoms with Crippen LogP contribution in [0.3, 0.4) is 0 Å². The molecule has 7 heteroatoms. The van der Waals surface area contributed by atoms with Gasteiger partial charge in [-0.05, 0) is 74.7 Å². The van der Waals surface area contributed by atoms with Gasteiger partial charge in [0.05, 0.1) is 0 Å². The Morgan fingerprint density at radius 3 is 2.17 bits per heavy atom. The monoisotopic (exact) mass is 494 g/mol. The summed E-state index contributed by atoms with van der Waals surface area (Å²) in [5.41, 5.74) is 1.38. The number of carbonyl (C=O) groups is 2. The van der Waals surface area contributed by atoms with Gasteiger partial charge in [-0.25, -0.2) is 4.79 Å². The molecule has 1 unspecified atom stereocenters. The van der Waals surface area contributed by atoms with Gasteiger partial charge in [0.2, 0.25) is 0 Å². The highest BCUT2D eigenvalue weighted by atomic mass is 16.7. The highest BCUT2D eigenvalue weighted by Crippen LogP contribution is 2.62. The van der Waals surface area contributed by atoms with Crippen molar-refractivity contribution in [2.75, 3.05) is 20.5 Å². The van der Waals surface area contributed by atoms with Crippen molar-refractivity contribution >= 4 is 11.8 Å². The molecule has 0 aromatic heterocycles. The van der Waals surface area contributed by atoms with Gasteiger partial charge in [-0.2, -0.15) is 0 Å². The molecule has 0 aliphatic heterocycles. The molecule has 0 radical (unpaired) electrons. The van der Waals surface area contributed by atoms with Gasteiger partial charge in [0.25, 0.3) is 0 Å². The topological polar surface area (TPSA) is 91.3 Å². The fourth-order valence-electron chi connectivity index (χ4n) is 6.98. The van der Waals surface area contributed by atoms with Gasteiger partial charge in [-0.1, -0.05) is 36.4 Å². The Bertz CT molecular complexity index is 1070. The van der Waals surface area contributed by atoms with Gasteiger partial charge < -0.3 is 24.1 Å². The largest absolute Gasteiger partial charge is 0.481 e. The molecule has 2 aromatic rings. The molecule has 36 heavy (non-hydrogen) atoms. The Hall–Kier alpha value is -2.90. The predicted octanol–water partition coefficient (Wildman–Crippen LogP) is 5.46. The number of hydrogen-bond acceptors (Lipinski definition) is 6. The van der Waals surface area contributed by atoms with E-state index in [1.165, 1.54) is 19.3 Å². The molecule has 4 fully saturated rings. The maximum atomic E-state index is 12.8. The lowest BCUT2D eigenvalue weighted by atomic mass is 9.48. The van der Waals surface area contributed by atoms with Crippen LogP contribution in [0.5, 0.6) is 11.5 Å². The number of methoxy groups -OCH3 is 1. The molecule has 1 N–H and O–H groups in total. The van der Waals surface area contributed by atoms with Gasteiger partial charge in [-0.3, -0.25) is 4.79 Å². The number of rotatable bonds is 11. The fraction of sp³-hybridized carbons (Fsp3) is 0.517. The van der Waals surface area contributed by atoms with E-state index in [1.807, 2.05) is 12.1 Å². The first kappa shape index (κ1) is 24.8. The summed E-state index contributed by atoms with van der Waals surface area (Å²) in [6, 6.07) is 12.3. The van der Waals surface area contributed by atoms with E-state index in [1.54, 1.807) is 44.4 Å². The summed E-state index contributed by atoms with van der Waals surface area (Å²) in [5, 5.41) is 9.98. The van der Waals surface area contributed by atoms with Gasteiger partial charge in [0.15, 0.2) is 37.0 Å². The van der Waals surface area contributed by atoms with E-state index in [0.29, 0.717) is 29.1 Å². The third-order valence-corrected chi connectivity index (χ3v) is 8.23. The van der Waals surface area contributed by atoms with Crippen LogP contribution in [0.25, 0.3) is 0 Å². The van der Waals surface area contributed by atoms with Crippen molar-refractivity contribution in [3.8, 4) is 11.5 Å². The third-order valence-electron chi connectivity index (χ3n) is 8.23. The second-order valence-electron chi connectivity index (χ2n) is 10.6. The van der Waals surface area contributed by atoms with Crippen LogP contribution >= 0.6 is 0 Å². The summed E-state index contributed by atoms with van der Waals surface area (Å²) in [7, 11) is 1.54. The van der Waals surface area contributed by atoms with Crippen LogP contribution in [0.2, 0.25) is 0 Å². The Kier molecular flexibility index (Phi) is 7.04. The maximum Gasteiger partial charge on any atom is 0.339 e. The fourth-order valence-corrected chi connectivity index (χ4v) is 6.98. The predicted molar refractivity (Wildman–Crippen MR) is 133 cm³/mol. The zero-order valence-corrected chi connectivity index (χ0v) is 20.9. The first-order valence-corrected chi connectivity index (χ1v) is 12.8. The van der Waals surface area contributed by atoms with Crippen molar-refractivity contribution < 1.29 is 33.6 Å². The summed E-state index contributed by atoms with van der Waals surface area (Å²) < 4.78 is 22.9. The number of carboxylic acid groups (broad SMARTS) is 1. The number of ether oxygens (including phenoxy) is 4. The number of benzene rings is 2. The summed E-state index contributed by atoms with van der Waals surface area (Å²) in [6.45, 7) is 1.34. The molecule has 192 valence electrons. The molecule has 4 saturated carbocycles. The summed E-state index contributed by atoms with van der Waals surface area (Å²) in [4.78, 5) is 25.0. The lowest BCUT2D eigenvalue weighted by molar-refractivity contribution is -0.150. The van der Waals surface area contributed by atoms with Crippen molar-refractivity contribution in [1.82, 2.24) is 0 Å². The first-order valence-electron chi connectivity index (χ1n) is 12.8. The summed E-state index contributed by atoms with van der Waals surface area (Å²) in [6.07, 6.45) is 6.57. The highest BCUT2D eigenvalue weighted by Gasteiger charge is 2.53. The van der Waals surface area contributed by atoms with Crippen LogP contribution < -0.4 is 9.47 Å². The Morgan fingerprint density at radius 1 is 0.944 bits per heavy atom. The minimum atomic E-state index is -1.13. The molecule has 4 aliphatic carbocycles. The number of carboxylic acids is 1. The van der Waals surface area contributed by atoms with E-state index in [-0.39, 0.29) is 35.9 Å². The van der Waals surface area contributed by atoms with Crippen molar-refractivity contribution in [3.63, 3.8) is 0 Å². The van der Waals surface area contributed by atoms with E-state index in [4.69, 9.17) is 18.9 Å². The third kappa shape index (κ3) is 4.87. The average Bonchev–Trinajstić information content (AvgIpc) is 2.86. The normalized spacial score (nSPS) is 27.0. The van der Waals surface area contributed by atoms with Crippen LogP contribution in [-0.4, -0.2) is 43.7 Å². The second kappa shape index (κ2) is 10.2. The van der Waals surface area contributed by atoms with Crippen molar-refractivity contribution in [1.29, 1.82) is 0 Å². The minimum absolute atomic E-state index is 0.0286. The van der Waals surface area contributed by atoms with Gasteiger partial charge in [0.1, 0.15) is 5.56 Å². The first-order chi connectivity index (χ1) is 17.4. The average molecular weight is 495 g/mol. The van der Waals surface area contributed by atoms with E-state index < -0.39 is 12.3 Å². The molecule has 0 amide bonds. The molecule has 0 spiro atoms. The Labute approximate surface area is 211 Å². The molecular formula is C29H34O7. The molecular weight excluding hydrogens is 460 g/mol. The Balaban J connectivity index is 1.52. The molecule has 0 saturated heterocycles. The van der Waals surface area contributed by atoms with Gasteiger partial charge in [0, 0.05) is 18.2 Å². The van der Waals surface area contributed by atoms with Crippen molar-refractivity contribution in [3.05, 3.63) is 59.2 Å². The number of aromatic carboxylic acids is 1. The molecule has 7 nitrogen and oxygen atoms in total. The van der Waals surface area contributed by atoms with E-state index in [2.05, 4.69) is 0 Å². The molecule has 0 heterocycles. The van der Waals surface area contributed by atoms with Crippen LogP contribution in [0.4, 0.5) is 0 Å². The quantitative estimate of drug-likeness (QED) is 0.328. The standard InChI is InChI=1S/C29H34O7/c1-18(33-2)35-17-36-27-24(29-13-19-10-20(14-29)12-21(11-19)15-29)9-8-23(28(31)32)26(27)34-16-25(30)22-6-4-3-5-7-22/h3-9,18-21H,10-17H2,1-2H3,(H,31,32). The lowest BCUT2D eigenvalue weighted by Gasteiger charge is -2.57.